The maximum absolute atomic E-state index is 10.1. The average Bonchev–Trinajstić information content (AvgIpc) is 1.94. The number of hydrogen-bond donors (Lipinski definition) is 0. The molecule has 0 fully saturated rings. The molecule has 0 bridgehead atoms. The highest BCUT2D eigenvalue weighted by molar-refractivity contribution is 9.10. The zero-order valence-electron chi connectivity index (χ0n) is 5.12. The Hall–Kier alpha value is -0.680. The van der Waals surface area contributed by atoms with Crippen LogP contribution in [0.1, 0.15) is 0 Å². The molecule has 0 N–H and O–H groups in total. The van der Waals surface area contributed by atoms with Crippen LogP contribution in [0.25, 0.3) is 0 Å². The standard InChI is InChI=1S/C5H2BrClN2O2/c6-3-2-8-5(9(10)11)1-4(3)7/h1-2H. The Morgan fingerprint density at radius 3 is 2.82 bits per heavy atom. The summed E-state index contributed by atoms with van der Waals surface area (Å²) in [5, 5.41) is 10.4. The van der Waals surface area contributed by atoms with Crippen molar-refractivity contribution in [3.05, 3.63) is 31.9 Å². The van der Waals surface area contributed by atoms with Crippen molar-refractivity contribution >= 4 is 33.3 Å². The molecule has 6 heteroatoms. The molecule has 0 amide bonds. The van der Waals surface area contributed by atoms with Gasteiger partial charge in [0.2, 0.25) is 0 Å². The predicted molar refractivity (Wildman–Crippen MR) is 43.6 cm³/mol. The fourth-order valence-corrected chi connectivity index (χ4v) is 0.867. The molecular weight excluding hydrogens is 235 g/mol. The van der Waals surface area contributed by atoms with Crippen LogP contribution in [0.4, 0.5) is 5.82 Å². The van der Waals surface area contributed by atoms with Crippen molar-refractivity contribution in [2.45, 2.75) is 0 Å². The zero-order chi connectivity index (χ0) is 8.43. The lowest BCUT2D eigenvalue weighted by molar-refractivity contribution is -0.389. The highest BCUT2D eigenvalue weighted by Gasteiger charge is 2.09. The fourth-order valence-electron chi connectivity index (χ4n) is 0.504. The third-order valence-corrected chi connectivity index (χ3v) is 2.15. The summed E-state index contributed by atoms with van der Waals surface area (Å²) in [6, 6.07) is 1.19. The van der Waals surface area contributed by atoms with Gasteiger partial charge in [0.25, 0.3) is 0 Å². The molecule has 0 aliphatic rings. The van der Waals surface area contributed by atoms with E-state index in [1.165, 1.54) is 12.3 Å². The van der Waals surface area contributed by atoms with E-state index in [0.717, 1.165) is 0 Å². The summed E-state index contributed by atoms with van der Waals surface area (Å²) in [6.45, 7) is 0. The van der Waals surface area contributed by atoms with E-state index in [0.29, 0.717) is 4.47 Å². The van der Waals surface area contributed by atoms with Gasteiger partial charge in [-0.05, 0) is 25.8 Å². The summed E-state index contributed by atoms with van der Waals surface area (Å²) >= 11 is 8.63. The van der Waals surface area contributed by atoms with Crippen molar-refractivity contribution in [1.29, 1.82) is 0 Å². The van der Waals surface area contributed by atoms with Crippen LogP contribution in [-0.2, 0) is 0 Å². The Bertz CT molecular complexity index is 305. The Kier molecular flexibility index (Phi) is 2.41. The second-order valence-corrected chi connectivity index (χ2v) is 2.98. The normalized spacial score (nSPS) is 9.64. The van der Waals surface area contributed by atoms with E-state index >= 15 is 0 Å². The molecule has 0 radical (unpaired) electrons. The van der Waals surface area contributed by atoms with E-state index in [1.54, 1.807) is 0 Å². The molecule has 0 saturated carbocycles. The van der Waals surface area contributed by atoms with E-state index in [4.69, 9.17) is 11.6 Å². The summed E-state index contributed by atoms with van der Waals surface area (Å²) in [7, 11) is 0. The van der Waals surface area contributed by atoms with Gasteiger partial charge in [0.05, 0.1) is 15.6 Å². The molecule has 0 aliphatic carbocycles. The monoisotopic (exact) mass is 236 g/mol. The lowest BCUT2D eigenvalue weighted by atomic mass is 10.5. The van der Waals surface area contributed by atoms with E-state index in [-0.39, 0.29) is 10.8 Å². The minimum absolute atomic E-state index is 0.252. The van der Waals surface area contributed by atoms with Crippen LogP contribution in [0.3, 0.4) is 0 Å². The average molecular weight is 237 g/mol. The van der Waals surface area contributed by atoms with Crippen molar-refractivity contribution < 1.29 is 4.92 Å². The smallest absolute Gasteiger partial charge is 0.358 e. The largest absolute Gasteiger partial charge is 0.364 e. The van der Waals surface area contributed by atoms with Crippen molar-refractivity contribution in [1.82, 2.24) is 4.98 Å². The molecule has 1 aromatic rings. The zero-order valence-corrected chi connectivity index (χ0v) is 7.46. The number of nitro groups is 1. The molecule has 0 atom stereocenters. The Balaban J connectivity index is 3.15. The van der Waals surface area contributed by atoms with E-state index < -0.39 is 4.92 Å². The number of aromatic nitrogens is 1. The topological polar surface area (TPSA) is 56.0 Å². The summed E-state index contributed by atoms with van der Waals surface area (Å²) in [5.41, 5.74) is 0. The second kappa shape index (κ2) is 3.15. The number of rotatable bonds is 1. The summed E-state index contributed by atoms with van der Waals surface area (Å²) < 4.78 is 0.546. The second-order valence-electron chi connectivity index (χ2n) is 1.71. The molecule has 0 aromatic carbocycles. The van der Waals surface area contributed by atoms with Gasteiger partial charge in [-0.2, -0.15) is 0 Å². The third kappa shape index (κ3) is 1.87. The highest BCUT2D eigenvalue weighted by atomic mass is 79.9. The van der Waals surface area contributed by atoms with Gasteiger partial charge in [-0.15, -0.1) is 0 Å². The first kappa shape index (κ1) is 8.42. The Morgan fingerprint density at radius 1 is 1.73 bits per heavy atom. The fraction of sp³-hybridized carbons (Fsp3) is 0. The molecule has 4 nitrogen and oxygen atoms in total. The highest BCUT2D eigenvalue weighted by Crippen LogP contribution is 2.23. The molecule has 11 heavy (non-hydrogen) atoms. The molecule has 0 unspecified atom stereocenters. The maximum Gasteiger partial charge on any atom is 0.364 e. The van der Waals surface area contributed by atoms with Gasteiger partial charge in [0.1, 0.15) is 0 Å². The van der Waals surface area contributed by atoms with Crippen molar-refractivity contribution in [2.24, 2.45) is 0 Å². The summed E-state index contributed by atoms with van der Waals surface area (Å²) in [6.07, 6.45) is 1.29. The molecular formula is C5H2BrClN2O2. The quantitative estimate of drug-likeness (QED) is 0.557. The number of hydrogen-bond acceptors (Lipinski definition) is 3. The number of pyridine rings is 1. The van der Waals surface area contributed by atoms with Crippen LogP contribution >= 0.6 is 27.5 Å². The van der Waals surface area contributed by atoms with Crippen molar-refractivity contribution in [3.8, 4) is 0 Å². The van der Waals surface area contributed by atoms with Crippen LogP contribution in [0.2, 0.25) is 5.02 Å². The molecule has 58 valence electrons. The Labute approximate surface area is 75.5 Å². The van der Waals surface area contributed by atoms with Gasteiger partial charge in [0, 0.05) is 0 Å². The molecule has 0 saturated heterocycles. The third-order valence-electron chi connectivity index (χ3n) is 0.981. The van der Waals surface area contributed by atoms with Crippen LogP contribution in [0.15, 0.2) is 16.7 Å². The number of halogens is 2. The predicted octanol–water partition coefficient (Wildman–Crippen LogP) is 2.41. The van der Waals surface area contributed by atoms with Crippen molar-refractivity contribution in [2.75, 3.05) is 0 Å². The first-order chi connectivity index (χ1) is 5.11. The molecule has 0 spiro atoms. The van der Waals surface area contributed by atoms with Gasteiger partial charge in [-0.3, -0.25) is 0 Å². The Morgan fingerprint density at radius 2 is 2.36 bits per heavy atom. The van der Waals surface area contributed by atoms with Crippen LogP contribution in [0.5, 0.6) is 0 Å². The van der Waals surface area contributed by atoms with Gasteiger partial charge in [-0.25, -0.2) is 0 Å². The van der Waals surface area contributed by atoms with Crippen LogP contribution in [-0.4, -0.2) is 9.91 Å². The minimum atomic E-state index is -0.599. The van der Waals surface area contributed by atoms with Gasteiger partial charge in [0.15, 0.2) is 6.20 Å². The molecule has 1 aromatic heterocycles. The van der Waals surface area contributed by atoms with Crippen LogP contribution < -0.4 is 0 Å². The molecule has 1 heterocycles. The summed E-state index contributed by atoms with van der Waals surface area (Å²) in [5.74, 6) is -0.252. The van der Waals surface area contributed by atoms with E-state index in [2.05, 4.69) is 20.9 Å². The van der Waals surface area contributed by atoms with Gasteiger partial charge >= 0.3 is 5.82 Å². The van der Waals surface area contributed by atoms with Crippen LogP contribution in [0, 0.1) is 10.1 Å². The SMILES string of the molecule is O=[N+]([O-])c1cc(Cl)c(Br)cn1. The first-order valence-corrected chi connectivity index (χ1v) is 3.74. The van der Waals surface area contributed by atoms with Gasteiger partial charge in [-0.1, -0.05) is 11.6 Å². The van der Waals surface area contributed by atoms with E-state index in [1.807, 2.05) is 0 Å². The lowest BCUT2D eigenvalue weighted by Gasteiger charge is -1.92. The summed E-state index contributed by atoms with van der Waals surface area (Å²) in [4.78, 5) is 13.0. The minimum Gasteiger partial charge on any atom is -0.358 e. The van der Waals surface area contributed by atoms with E-state index in [9.17, 15) is 10.1 Å². The lowest BCUT2D eigenvalue weighted by Crippen LogP contribution is -1.90. The molecule has 0 aliphatic heterocycles. The molecule has 1 rings (SSSR count). The first-order valence-electron chi connectivity index (χ1n) is 2.56. The van der Waals surface area contributed by atoms with Crippen molar-refractivity contribution in [3.63, 3.8) is 0 Å². The number of nitrogens with zero attached hydrogens (tertiary/aromatic N) is 2. The van der Waals surface area contributed by atoms with Gasteiger partial charge < -0.3 is 10.1 Å². The maximum atomic E-state index is 10.1.